The molecule has 0 aliphatic heterocycles. The lowest BCUT2D eigenvalue weighted by Crippen LogP contribution is -2.05. The molecule has 0 radical (unpaired) electrons. The lowest BCUT2D eigenvalue weighted by atomic mass is 10.0. The fraction of sp³-hybridized carbons (Fsp3) is 0.118. The monoisotopic (exact) mass is 280 g/mol. The molecule has 2 aromatic carbocycles. The highest BCUT2D eigenvalue weighted by atomic mass is 16.5. The van der Waals surface area contributed by atoms with Gasteiger partial charge in [0, 0.05) is 6.20 Å². The molecule has 3 rings (SSSR count). The molecule has 0 bridgehead atoms. The number of benzene rings is 2. The van der Waals surface area contributed by atoms with Crippen LogP contribution in [0, 0.1) is 6.92 Å². The van der Waals surface area contributed by atoms with E-state index in [1.807, 2.05) is 61.7 Å². The maximum atomic E-state index is 12.2. The van der Waals surface area contributed by atoms with E-state index < -0.39 is 0 Å². The van der Waals surface area contributed by atoms with Crippen molar-refractivity contribution >= 4 is 0 Å². The Labute approximate surface area is 122 Å². The Kier molecular flexibility index (Phi) is 3.36. The quantitative estimate of drug-likeness (QED) is 0.801. The second kappa shape index (κ2) is 5.32. The van der Waals surface area contributed by atoms with Crippen molar-refractivity contribution in [3.8, 4) is 22.6 Å². The summed E-state index contributed by atoms with van der Waals surface area (Å²) in [6, 6.07) is 15.4. The van der Waals surface area contributed by atoms with E-state index in [4.69, 9.17) is 4.74 Å². The molecular weight excluding hydrogens is 264 g/mol. The average Bonchev–Trinajstić information content (AvgIpc) is 2.90. The van der Waals surface area contributed by atoms with Crippen LogP contribution in [0.2, 0.25) is 0 Å². The van der Waals surface area contributed by atoms with Crippen LogP contribution in [0.25, 0.3) is 16.8 Å². The number of methoxy groups -OCH3 is 1. The van der Waals surface area contributed by atoms with Crippen LogP contribution >= 0.6 is 0 Å². The third kappa shape index (κ3) is 2.48. The van der Waals surface area contributed by atoms with Gasteiger partial charge in [0.25, 0.3) is 5.56 Å². The van der Waals surface area contributed by atoms with E-state index in [1.54, 1.807) is 11.8 Å². The molecule has 0 spiro atoms. The molecule has 0 amide bonds. The van der Waals surface area contributed by atoms with Crippen LogP contribution in [0.15, 0.2) is 59.5 Å². The molecular formula is C17H16N2O2. The Morgan fingerprint density at radius 2 is 1.71 bits per heavy atom. The van der Waals surface area contributed by atoms with Crippen LogP contribution in [0.1, 0.15) is 5.56 Å². The summed E-state index contributed by atoms with van der Waals surface area (Å²) in [5.41, 5.74) is 3.48. The number of aromatic amines is 1. The van der Waals surface area contributed by atoms with Crippen LogP contribution in [0.4, 0.5) is 0 Å². The molecule has 106 valence electrons. The van der Waals surface area contributed by atoms with Gasteiger partial charge in [-0.25, -0.2) is 0 Å². The summed E-state index contributed by atoms with van der Waals surface area (Å²) in [7, 11) is 1.63. The Bertz CT molecular complexity index is 813. The minimum atomic E-state index is -0.0971. The number of nitrogens with one attached hydrogen (secondary N) is 1. The molecule has 0 fully saturated rings. The summed E-state index contributed by atoms with van der Waals surface area (Å²) >= 11 is 0. The highest BCUT2D eigenvalue weighted by Crippen LogP contribution is 2.21. The van der Waals surface area contributed by atoms with Crippen molar-refractivity contribution < 1.29 is 4.74 Å². The van der Waals surface area contributed by atoms with Gasteiger partial charge in [0.15, 0.2) is 0 Å². The summed E-state index contributed by atoms with van der Waals surface area (Å²) < 4.78 is 6.86. The van der Waals surface area contributed by atoms with Crippen LogP contribution in [-0.2, 0) is 0 Å². The van der Waals surface area contributed by atoms with Crippen LogP contribution in [-0.4, -0.2) is 16.9 Å². The van der Waals surface area contributed by atoms with Gasteiger partial charge in [-0.2, -0.15) is 0 Å². The van der Waals surface area contributed by atoms with Gasteiger partial charge in [-0.15, -0.1) is 0 Å². The van der Waals surface area contributed by atoms with E-state index in [1.165, 1.54) is 0 Å². The number of hydrogen-bond donors (Lipinski definition) is 1. The first-order chi connectivity index (χ1) is 10.2. The topological polar surface area (TPSA) is 47.0 Å². The zero-order valence-electron chi connectivity index (χ0n) is 12.0. The van der Waals surface area contributed by atoms with E-state index in [0.717, 1.165) is 22.6 Å². The fourth-order valence-electron chi connectivity index (χ4n) is 2.34. The largest absolute Gasteiger partial charge is 0.497 e. The lowest BCUT2D eigenvalue weighted by Gasteiger charge is -2.04. The first kappa shape index (κ1) is 13.2. The molecule has 4 heteroatoms. The third-order valence-corrected chi connectivity index (χ3v) is 3.51. The van der Waals surface area contributed by atoms with Crippen molar-refractivity contribution in [2.24, 2.45) is 0 Å². The van der Waals surface area contributed by atoms with Crippen molar-refractivity contribution in [3.63, 3.8) is 0 Å². The molecule has 21 heavy (non-hydrogen) atoms. The molecule has 0 saturated carbocycles. The Hall–Kier alpha value is -2.75. The van der Waals surface area contributed by atoms with Crippen LogP contribution < -0.4 is 10.3 Å². The lowest BCUT2D eigenvalue weighted by molar-refractivity contribution is 0.414. The number of nitrogens with zero attached hydrogens (tertiary/aromatic N) is 1. The standard InChI is InChI=1S/C17H16N2O2/c1-12-5-3-4-6-15(12)16-11-19(18-17(16)20)13-7-9-14(21-2)10-8-13/h3-11H,1-2H3,(H,18,20). The Morgan fingerprint density at radius 1 is 1.00 bits per heavy atom. The van der Waals surface area contributed by atoms with Gasteiger partial charge in [0.05, 0.1) is 18.4 Å². The summed E-state index contributed by atoms with van der Waals surface area (Å²) in [6.45, 7) is 2.00. The van der Waals surface area contributed by atoms with E-state index in [9.17, 15) is 4.79 Å². The summed E-state index contributed by atoms with van der Waals surface area (Å²) in [4.78, 5) is 12.2. The maximum Gasteiger partial charge on any atom is 0.272 e. The smallest absolute Gasteiger partial charge is 0.272 e. The number of hydrogen-bond acceptors (Lipinski definition) is 2. The first-order valence-electron chi connectivity index (χ1n) is 6.71. The third-order valence-electron chi connectivity index (χ3n) is 3.51. The van der Waals surface area contributed by atoms with Crippen molar-refractivity contribution in [3.05, 3.63) is 70.6 Å². The Balaban J connectivity index is 2.05. The Morgan fingerprint density at radius 3 is 2.38 bits per heavy atom. The average molecular weight is 280 g/mol. The summed E-state index contributed by atoms with van der Waals surface area (Å²) in [5.74, 6) is 0.785. The van der Waals surface area contributed by atoms with Crippen molar-refractivity contribution in [1.29, 1.82) is 0 Å². The number of ether oxygens (including phenoxy) is 1. The van der Waals surface area contributed by atoms with Gasteiger partial charge < -0.3 is 4.74 Å². The van der Waals surface area contributed by atoms with E-state index in [0.29, 0.717) is 5.56 Å². The molecule has 4 nitrogen and oxygen atoms in total. The van der Waals surface area contributed by atoms with Crippen LogP contribution in [0.3, 0.4) is 0 Å². The number of H-pyrrole nitrogens is 1. The molecule has 0 unspecified atom stereocenters. The number of aryl methyl sites for hydroxylation is 1. The van der Waals surface area contributed by atoms with Gasteiger partial charge in [0.2, 0.25) is 0 Å². The normalized spacial score (nSPS) is 10.6. The molecule has 3 aromatic rings. The number of rotatable bonds is 3. The second-order valence-corrected chi connectivity index (χ2v) is 4.87. The predicted molar refractivity (Wildman–Crippen MR) is 83.1 cm³/mol. The van der Waals surface area contributed by atoms with Gasteiger partial charge in [0.1, 0.15) is 5.75 Å². The highest BCUT2D eigenvalue weighted by molar-refractivity contribution is 5.66. The van der Waals surface area contributed by atoms with Gasteiger partial charge in [-0.1, -0.05) is 24.3 Å². The first-order valence-corrected chi connectivity index (χ1v) is 6.71. The second-order valence-electron chi connectivity index (χ2n) is 4.87. The molecule has 1 heterocycles. The van der Waals surface area contributed by atoms with Gasteiger partial charge in [-0.3, -0.25) is 14.6 Å². The van der Waals surface area contributed by atoms with E-state index in [2.05, 4.69) is 5.10 Å². The zero-order chi connectivity index (χ0) is 14.8. The summed E-state index contributed by atoms with van der Waals surface area (Å²) in [5, 5.41) is 2.84. The van der Waals surface area contributed by atoms with Crippen molar-refractivity contribution in [1.82, 2.24) is 9.78 Å². The predicted octanol–water partition coefficient (Wildman–Crippen LogP) is 3.15. The number of aromatic nitrogens is 2. The van der Waals surface area contributed by atoms with E-state index in [-0.39, 0.29) is 5.56 Å². The molecule has 0 atom stereocenters. The summed E-state index contributed by atoms with van der Waals surface area (Å²) in [6.07, 6.45) is 1.83. The SMILES string of the molecule is COc1ccc(-n2cc(-c3ccccc3C)c(=O)[nH]2)cc1. The molecule has 0 aliphatic carbocycles. The highest BCUT2D eigenvalue weighted by Gasteiger charge is 2.09. The molecule has 1 N–H and O–H groups in total. The maximum absolute atomic E-state index is 12.2. The molecule has 1 aromatic heterocycles. The zero-order valence-corrected chi connectivity index (χ0v) is 12.0. The van der Waals surface area contributed by atoms with Crippen LogP contribution in [0.5, 0.6) is 5.75 Å². The van der Waals surface area contributed by atoms with Crippen molar-refractivity contribution in [2.75, 3.05) is 7.11 Å². The van der Waals surface area contributed by atoms with Gasteiger partial charge in [-0.05, 0) is 42.3 Å². The van der Waals surface area contributed by atoms with Gasteiger partial charge >= 0.3 is 0 Å². The molecule has 0 saturated heterocycles. The minimum absolute atomic E-state index is 0.0971. The van der Waals surface area contributed by atoms with Crippen molar-refractivity contribution in [2.45, 2.75) is 6.92 Å². The fourth-order valence-corrected chi connectivity index (χ4v) is 2.34. The minimum Gasteiger partial charge on any atom is -0.497 e. The van der Waals surface area contributed by atoms with E-state index >= 15 is 0 Å². The molecule has 0 aliphatic rings.